The first kappa shape index (κ1) is 12.1. The van der Waals surface area contributed by atoms with Gasteiger partial charge in [0.2, 0.25) is 0 Å². The summed E-state index contributed by atoms with van der Waals surface area (Å²) >= 11 is 11.4. The summed E-state index contributed by atoms with van der Waals surface area (Å²) < 4.78 is 39.8. The zero-order valence-electron chi connectivity index (χ0n) is 6.33. The molecule has 0 heterocycles. The van der Waals surface area contributed by atoms with E-state index in [1.807, 2.05) is 0 Å². The van der Waals surface area contributed by atoms with Crippen LogP contribution >= 0.6 is 43.5 Å². The van der Waals surface area contributed by atoms with Crippen molar-refractivity contribution in [1.29, 1.82) is 0 Å². The van der Waals surface area contributed by atoms with Gasteiger partial charge in [-0.1, -0.05) is 11.6 Å². The van der Waals surface area contributed by atoms with Crippen LogP contribution in [-0.2, 0) is 0 Å². The van der Waals surface area contributed by atoms with Crippen molar-refractivity contribution in [2.45, 2.75) is 6.36 Å². The van der Waals surface area contributed by atoms with Crippen LogP contribution in [0.1, 0.15) is 0 Å². The van der Waals surface area contributed by atoms with Gasteiger partial charge < -0.3 is 4.74 Å². The third-order valence-corrected chi connectivity index (χ3v) is 3.17. The highest BCUT2D eigenvalue weighted by Crippen LogP contribution is 2.40. The van der Waals surface area contributed by atoms with Gasteiger partial charge in [-0.2, -0.15) is 0 Å². The van der Waals surface area contributed by atoms with Crippen LogP contribution in [0, 0.1) is 0 Å². The maximum absolute atomic E-state index is 11.9. The summed E-state index contributed by atoms with van der Waals surface area (Å²) in [7, 11) is 0. The molecule has 1 aromatic carbocycles. The Morgan fingerprint density at radius 3 is 2.29 bits per heavy atom. The van der Waals surface area contributed by atoms with E-state index in [0.29, 0.717) is 0 Å². The van der Waals surface area contributed by atoms with E-state index >= 15 is 0 Å². The summed E-state index contributed by atoms with van der Waals surface area (Å²) in [5, 5.41) is 0.146. The summed E-state index contributed by atoms with van der Waals surface area (Å²) in [6.45, 7) is 0. The normalized spacial score (nSPS) is 11.6. The lowest BCUT2D eigenvalue weighted by Gasteiger charge is -2.12. The van der Waals surface area contributed by atoms with E-state index in [9.17, 15) is 13.2 Å². The van der Waals surface area contributed by atoms with Crippen molar-refractivity contribution in [2.75, 3.05) is 0 Å². The molecule has 0 atom stereocenters. The summed E-state index contributed by atoms with van der Waals surface area (Å²) in [5.74, 6) is -0.384. The van der Waals surface area contributed by atoms with E-state index in [1.165, 1.54) is 12.1 Å². The molecular formula is C7H2Br2ClF3O. The first-order valence-electron chi connectivity index (χ1n) is 3.20. The van der Waals surface area contributed by atoms with E-state index < -0.39 is 6.36 Å². The van der Waals surface area contributed by atoms with E-state index in [0.717, 1.165) is 0 Å². The fourth-order valence-electron chi connectivity index (χ4n) is 0.718. The Balaban J connectivity index is 3.13. The average molecular weight is 354 g/mol. The number of hydrogen-bond acceptors (Lipinski definition) is 1. The molecule has 1 rings (SSSR count). The minimum Gasteiger partial charge on any atom is -0.403 e. The van der Waals surface area contributed by atoms with E-state index in [2.05, 4.69) is 36.6 Å². The molecule has 0 spiro atoms. The lowest BCUT2D eigenvalue weighted by Crippen LogP contribution is -2.17. The van der Waals surface area contributed by atoms with E-state index in [-0.39, 0.29) is 19.7 Å². The van der Waals surface area contributed by atoms with Crippen molar-refractivity contribution < 1.29 is 17.9 Å². The second-order valence-electron chi connectivity index (χ2n) is 2.22. The van der Waals surface area contributed by atoms with Crippen molar-refractivity contribution in [2.24, 2.45) is 0 Å². The van der Waals surface area contributed by atoms with Crippen LogP contribution in [0.3, 0.4) is 0 Å². The SMILES string of the molecule is FC(F)(F)Oc1c(Br)ccc(Cl)c1Br. The van der Waals surface area contributed by atoms with E-state index in [1.54, 1.807) is 0 Å². The average Bonchev–Trinajstić information content (AvgIpc) is 2.04. The van der Waals surface area contributed by atoms with Crippen molar-refractivity contribution in [3.8, 4) is 5.75 Å². The standard InChI is InChI=1S/C7H2Br2ClF3O/c8-3-1-2-4(10)5(9)6(3)14-7(11,12)13/h1-2H. The number of ether oxygens (including phenoxy) is 1. The number of benzene rings is 1. The van der Waals surface area contributed by atoms with Crippen LogP contribution in [0.15, 0.2) is 21.1 Å². The zero-order chi connectivity index (χ0) is 10.9. The largest absolute Gasteiger partial charge is 0.573 e. The molecule has 0 radical (unpaired) electrons. The van der Waals surface area contributed by atoms with Gasteiger partial charge in [0.1, 0.15) is 0 Å². The Labute approximate surface area is 99.4 Å². The maximum Gasteiger partial charge on any atom is 0.573 e. The predicted molar refractivity (Wildman–Crippen MR) is 53.5 cm³/mol. The number of rotatable bonds is 1. The Hall–Kier alpha value is 0.0600. The summed E-state index contributed by atoms with van der Waals surface area (Å²) in [4.78, 5) is 0. The van der Waals surface area contributed by atoms with Crippen LogP contribution in [0.4, 0.5) is 13.2 Å². The first-order valence-corrected chi connectivity index (χ1v) is 5.17. The second-order valence-corrected chi connectivity index (χ2v) is 4.27. The Bertz CT molecular complexity index is 354. The molecule has 0 aliphatic heterocycles. The first-order chi connectivity index (χ1) is 6.31. The van der Waals surface area contributed by atoms with E-state index in [4.69, 9.17) is 11.6 Å². The fourth-order valence-corrected chi connectivity index (χ4v) is 1.97. The zero-order valence-corrected chi connectivity index (χ0v) is 10.3. The van der Waals surface area contributed by atoms with Gasteiger partial charge in [0.05, 0.1) is 14.0 Å². The van der Waals surface area contributed by atoms with Crippen LogP contribution < -0.4 is 4.74 Å². The molecule has 78 valence electrons. The van der Waals surface area contributed by atoms with Gasteiger partial charge in [0.15, 0.2) is 5.75 Å². The second kappa shape index (κ2) is 4.28. The molecule has 0 fully saturated rings. The minimum absolute atomic E-state index is 0.0610. The van der Waals surface area contributed by atoms with Gasteiger partial charge >= 0.3 is 6.36 Å². The van der Waals surface area contributed by atoms with Crippen LogP contribution in [0.2, 0.25) is 5.02 Å². The van der Waals surface area contributed by atoms with Crippen LogP contribution in [-0.4, -0.2) is 6.36 Å². The summed E-state index contributed by atoms with van der Waals surface area (Å²) in [6.07, 6.45) is -4.74. The fraction of sp³-hybridized carbons (Fsp3) is 0.143. The molecule has 0 N–H and O–H groups in total. The van der Waals surface area contributed by atoms with Gasteiger partial charge in [-0.25, -0.2) is 0 Å². The molecular weight excluding hydrogens is 352 g/mol. The van der Waals surface area contributed by atoms with Crippen LogP contribution in [0.5, 0.6) is 5.75 Å². The Kier molecular flexibility index (Phi) is 3.71. The molecule has 7 heteroatoms. The molecule has 0 aromatic heterocycles. The maximum atomic E-state index is 11.9. The topological polar surface area (TPSA) is 9.23 Å². The predicted octanol–water partition coefficient (Wildman–Crippen LogP) is 4.76. The smallest absolute Gasteiger partial charge is 0.403 e. The number of halogens is 6. The molecule has 1 aromatic rings. The molecule has 0 amide bonds. The monoisotopic (exact) mass is 352 g/mol. The third-order valence-electron chi connectivity index (χ3n) is 1.22. The highest BCUT2D eigenvalue weighted by Gasteiger charge is 2.33. The van der Waals surface area contributed by atoms with Crippen molar-refractivity contribution in [3.05, 3.63) is 26.1 Å². The molecule has 14 heavy (non-hydrogen) atoms. The minimum atomic E-state index is -4.74. The lowest BCUT2D eigenvalue weighted by molar-refractivity contribution is -0.275. The summed E-state index contributed by atoms with van der Waals surface area (Å²) in [6, 6.07) is 2.81. The van der Waals surface area contributed by atoms with Gasteiger partial charge in [-0.3, -0.25) is 0 Å². The highest BCUT2D eigenvalue weighted by atomic mass is 79.9. The Morgan fingerprint density at radius 1 is 1.21 bits per heavy atom. The number of hydrogen-bond donors (Lipinski definition) is 0. The Morgan fingerprint density at radius 2 is 1.79 bits per heavy atom. The van der Waals surface area contributed by atoms with Crippen molar-refractivity contribution in [1.82, 2.24) is 0 Å². The third kappa shape index (κ3) is 3.03. The molecule has 0 unspecified atom stereocenters. The molecule has 1 nitrogen and oxygen atoms in total. The molecule has 0 saturated carbocycles. The lowest BCUT2D eigenvalue weighted by atomic mass is 10.3. The van der Waals surface area contributed by atoms with Gasteiger partial charge in [0.25, 0.3) is 0 Å². The molecule has 0 bridgehead atoms. The van der Waals surface area contributed by atoms with Crippen molar-refractivity contribution in [3.63, 3.8) is 0 Å². The molecule has 0 saturated heterocycles. The number of alkyl halides is 3. The van der Waals surface area contributed by atoms with Gasteiger partial charge in [-0.15, -0.1) is 13.2 Å². The molecule has 0 aliphatic carbocycles. The quantitative estimate of drug-likeness (QED) is 0.661. The van der Waals surface area contributed by atoms with Crippen LogP contribution in [0.25, 0.3) is 0 Å². The highest BCUT2D eigenvalue weighted by molar-refractivity contribution is 9.11. The van der Waals surface area contributed by atoms with Crippen molar-refractivity contribution >= 4 is 43.5 Å². The van der Waals surface area contributed by atoms with Gasteiger partial charge in [-0.05, 0) is 44.0 Å². The summed E-state index contributed by atoms with van der Waals surface area (Å²) in [5.41, 5.74) is 0. The van der Waals surface area contributed by atoms with Gasteiger partial charge in [0, 0.05) is 0 Å². The molecule has 0 aliphatic rings.